The second-order valence-corrected chi connectivity index (χ2v) is 29.7. The van der Waals surface area contributed by atoms with Crippen molar-refractivity contribution < 1.29 is 10.0 Å². The van der Waals surface area contributed by atoms with E-state index in [1.54, 1.807) is 46.5 Å². The Morgan fingerprint density at radius 1 is 0.337 bits per heavy atom. The molecule has 0 heterocycles. The Bertz CT molecular complexity index is 3940. The Hall–Kier alpha value is -5.60. The number of hydrogen-bond donors (Lipinski definition) is 2. The molecule has 0 radical (unpaired) electrons. The van der Waals surface area contributed by atoms with Crippen molar-refractivity contribution in [3.63, 3.8) is 0 Å². The molecule has 0 saturated heterocycles. The monoisotopic (exact) mass is 1270 g/mol. The summed E-state index contributed by atoms with van der Waals surface area (Å²) in [6.45, 7) is 2.08. The SMILES string of the molecule is Brc1cc(-c2ccccc2)cc(-c2ccc3c(c2)-c2ccccc2C32C3CC4CC5CC2C3(C4)C5)c1.Brc1cc(Br)cc(-c2ccc3c(c2)-c2ccccc2C32C3CC4CC5CC2C3(C4)C5)c1.Cc1ccccc1.OB(O)c1ccccc1. The summed E-state index contributed by atoms with van der Waals surface area (Å²) in [6, 6.07) is 76.9. The van der Waals surface area contributed by atoms with Crippen LogP contribution in [-0.2, 0) is 10.8 Å². The van der Waals surface area contributed by atoms with E-state index in [4.69, 9.17) is 10.0 Å². The van der Waals surface area contributed by atoms with Gasteiger partial charge in [-0.05, 0) is 261 Å². The van der Waals surface area contributed by atoms with Gasteiger partial charge in [-0.15, -0.1) is 0 Å². The molecule has 0 aromatic heterocycles. The average Bonchev–Trinajstić information content (AvgIpc) is 1.56. The molecular formula is C77H68BBr3O2. The van der Waals surface area contributed by atoms with E-state index >= 15 is 0 Å². The van der Waals surface area contributed by atoms with Crippen molar-refractivity contribution >= 4 is 60.4 Å². The Kier molecular flexibility index (Phi) is 12.7. The first-order chi connectivity index (χ1) is 40.5. The fraction of sp³-hybridized carbons (Fsp3) is 0.299. The molecule has 8 saturated carbocycles. The summed E-state index contributed by atoms with van der Waals surface area (Å²) >= 11 is 11.2. The standard InChI is InChI=1S/C35H29Br.C29H24Br2.C7H8.C6H7BO2/c36-27-16-25(23-6-2-1-3-7-23)15-26(17-27)24-10-11-31-29(18-24)28-8-4-5-9-30(28)35(31)32-13-21-12-22-14-33(35)34(32,19-21)20-22;30-20-10-19(11-21(31)13-20)18-5-6-25-23(12-18)22-3-1-2-4-24(22)29(25)26-8-16-7-17-9-27(29)28(26,14-16)15-17;1-7-5-3-2-4-6-7;8-7(9)6-4-2-1-3-5-6/h1-11,15-18,21-22,32-33H,12-14,19-20H2;1-6,10-13,16-17,26-27H,7-9,14-15H2;2-6H,1H3;1-5,8-9H. The van der Waals surface area contributed by atoms with Crippen molar-refractivity contribution in [3.05, 3.63) is 254 Å². The van der Waals surface area contributed by atoms with Gasteiger partial charge >= 0.3 is 7.12 Å². The molecule has 8 atom stereocenters. The molecule has 0 amide bonds. The van der Waals surface area contributed by atoms with Crippen molar-refractivity contribution in [2.45, 2.75) is 82.0 Å². The maximum absolute atomic E-state index is 8.58. The van der Waals surface area contributed by atoms with Crippen LogP contribution in [0.2, 0.25) is 0 Å². The molecule has 4 spiro atoms. The lowest BCUT2D eigenvalue weighted by Gasteiger charge is -2.64. The first-order valence-electron chi connectivity index (χ1n) is 30.7. The lowest BCUT2D eigenvalue weighted by molar-refractivity contribution is -0.0820. The molecule has 6 heteroatoms. The molecule has 19 rings (SSSR count). The van der Waals surface area contributed by atoms with Crippen LogP contribution in [0.15, 0.2) is 226 Å². The van der Waals surface area contributed by atoms with Gasteiger partial charge < -0.3 is 10.0 Å². The van der Waals surface area contributed by atoms with E-state index in [1.165, 1.54) is 125 Å². The van der Waals surface area contributed by atoms with Gasteiger partial charge in [0.25, 0.3) is 0 Å². The van der Waals surface area contributed by atoms with Crippen LogP contribution in [0.1, 0.15) is 92.0 Å². The molecule has 9 aromatic carbocycles. The van der Waals surface area contributed by atoms with E-state index in [0.717, 1.165) is 60.8 Å². The number of fused-ring (bicyclic) bond motifs is 18. The third-order valence-corrected chi connectivity index (χ3v) is 24.5. The van der Waals surface area contributed by atoms with Gasteiger partial charge in [-0.25, -0.2) is 0 Å². The fourth-order valence-corrected chi connectivity index (χ4v) is 22.8. The van der Waals surface area contributed by atoms with E-state index in [-0.39, 0.29) is 5.41 Å². The van der Waals surface area contributed by atoms with Crippen LogP contribution in [0.5, 0.6) is 0 Å². The van der Waals surface area contributed by atoms with Gasteiger partial charge in [0, 0.05) is 24.2 Å². The maximum atomic E-state index is 8.58. The lowest BCUT2D eigenvalue weighted by Crippen LogP contribution is -2.62. The molecule has 0 aliphatic heterocycles. The molecular weight excluding hydrogens is 1210 g/mol. The molecule has 9 aromatic rings. The smallest absolute Gasteiger partial charge is 0.423 e. The summed E-state index contributed by atoms with van der Waals surface area (Å²) in [7, 11) is -1.34. The Balaban J connectivity index is 0.000000108. The van der Waals surface area contributed by atoms with Crippen LogP contribution < -0.4 is 5.46 Å². The summed E-state index contributed by atoms with van der Waals surface area (Å²) in [5.74, 6) is 7.45. The number of aryl methyl sites for hydroxylation is 1. The minimum Gasteiger partial charge on any atom is -0.423 e. The summed E-state index contributed by atoms with van der Waals surface area (Å²) in [5, 5.41) is 17.2. The van der Waals surface area contributed by atoms with E-state index < -0.39 is 7.12 Å². The molecule has 8 fully saturated rings. The van der Waals surface area contributed by atoms with Crippen LogP contribution >= 0.6 is 47.8 Å². The Labute approximate surface area is 515 Å². The van der Waals surface area contributed by atoms with Crippen LogP contribution in [0, 0.1) is 65.1 Å². The first-order valence-corrected chi connectivity index (χ1v) is 33.1. The minimum atomic E-state index is -1.34. The molecule has 412 valence electrons. The molecule has 83 heavy (non-hydrogen) atoms. The van der Waals surface area contributed by atoms with Gasteiger partial charge in [-0.1, -0.05) is 217 Å². The highest BCUT2D eigenvalue weighted by molar-refractivity contribution is 9.11. The van der Waals surface area contributed by atoms with Crippen molar-refractivity contribution in [3.8, 4) is 55.6 Å². The summed E-state index contributed by atoms with van der Waals surface area (Å²) in [6.07, 6.45) is 15.0. The Morgan fingerprint density at radius 2 is 0.699 bits per heavy atom. The summed E-state index contributed by atoms with van der Waals surface area (Å²) in [4.78, 5) is 0. The highest BCUT2D eigenvalue weighted by Crippen LogP contribution is 2.86. The normalized spacial score (nSPS) is 30.5. The molecule has 2 nitrogen and oxygen atoms in total. The number of halogens is 3. The van der Waals surface area contributed by atoms with E-state index in [2.05, 4.69) is 219 Å². The predicted octanol–water partition coefficient (Wildman–Crippen LogP) is 19.5. The minimum absolute atomic E-state index is 0.279. The van der Waals surface area contributed by atoms with Crippen molar-refractivity contribution in [1.29, 1.82) is 0 Å². The molecule has 10 aliphatic carbocycles. The highest BCUT2D eigenvalue weighted by atomic mass is 79.9. The lowest BCUT2D eigenvalue weighted by atomic mass is 9.38. The fourth-order valence-electron chi connectivity index (χ4n) is 21.1. The number of benzene rings is 9. The van der Waals surface area contributed by atoms with Gasteiger partial charge in [0.15, 0.2) is 0 Å². The number of rotatable bonds is 4. The van der Waals surface area contributed by atoms with Crippen LogP contribution in [0.4, 0.5) is 0 Å². The van der Waals surface area contributed by atoms with Gasteiger partial charge in [0.1, 0.15) is 0 Å². The Morgan fingerprint density at radius 3 is 1.11 bits per heavy atom. The van der Waals surface area contributed by atoms with Gasteiger partial charge in [-0.2, -0.15) is 0 Å². The zero-order valence-corrected chi connectivity index (χ0v) is 51.8. The molecule has 10 aliphatic rings. The third kappa shape index (κ3) is 7.97. The van der Waals surface area contributed by atoms with Crippen LogP contribution in [-0.4, -0.2) is 17.2 Å². The summed E-state index contributed by atoms with van der Waals surface area (Å²) in [5.41, 5.74) is 24.1. The predicted molar refractivity (Wildman–Crippen MR) is 351 cm³/mol. The molecule has 8 unspecified atom stereocenters. The first kappa shape index (κ1) is 52.9. The number of hydrogen-bond acceptors (Lipinski definition) is 2. The van der Waals surface area contributed by atoms with Crippen LogP contribution in [0.3, 0.4) is 0 Å². The van der Waals surface area contributed by atoms with Gasteiger partial charge in [0.05, 0.1) is 0 Å². The van der Waals surface area contributed by atoms with Crippen molar-refractivity contribution in [2.75, 3.05) is 0 Å². The summed E-state index contributed by atoms with van der Waals surface area (Å²) < 4.78 is 3.37. The van der Waals surface area contributed by atoms with Crippen molar-refractivity contribution in [1.82, 2.24) is 0 Å². The molecule has 2 N–H and O–H groups in total. The van der Waals surface area contributed by atoms with Crippen molar-refractivity contribution in [2.24, 2.45) is 58.2 Å². The highest BCUT2D eigenvalue weighted by Gasteiger charge is 2.81. The largest absolute Gasteiger partial charge is 0.488 e. The second kappa shape index (κ2) is 20.0. The van der Waals surface area contributed by atoms with Gasteiger partial charge in [-0.3, -0.25) is 0 Å². The van der Waals surface area contributed by atoms with Gasteiger partial charge in [0.2, 0.25) is 0 Å². The maximum Gasteiger partial charge on any atom is 0.488 e. The van der Waals surface area contributed by atoms with E-state index in [0.29, 0.717) is 21.7 Å². The third-order valence-electron chi connectivity index (χ3n) is 23.1. The van der Waals surface area contributed by atoms with E-state index in [9.17, 15) is 0 Å². The zero-order chi connectivity index (χ0) is 56.0. The van der Waals surface area contributed by atoms with E-state index in [1.807, 2.05) is 24.3 Å². The van der Waals surface area contributed by atoms with Crippen LogP contribution in [0.25, 0.3) is 55.6 Å². The quantitative estimate of drug-likeness (QED) is 0.172. The average molecular weight is 1280 g/mol. The molecule has 6 bridgehead atoms. The topological polar surface area (TPSA) is 40.5 Å². The second-order valence-electron chi connectivity index (χ2n) is 26.9. The zero-order valence-electron chi connectivity index (χ0n) is 47.0.